The number of hydrogen-bond donors (Lipinski definition) is 0. The Hall–Kier alpha value is -1.05. The van der Waals surface area contributed by atoms with Gasteiger partial charge in [0.2, 0.25) is 0 Å². The van der Waals surface area contributed by atoms with Crippen molar-refractivity contribution < 1.29 is 9.53 Å². The molecule has 134 valence electrons. The average Bonchev–Trinajstić information content (AvgIpc) is 2.83. The zero-order valence-corrected chi connectivity index (χ0v) is 18.2. The molecule has 26 heavy (non-hydrogen) atoms. The largest absolute Gasteiger partial charge is 0.488 e. The number of ether oxygens (including phenoxy) is 1. The molecule has 1 heterocycles. The summed E-state index contributed by atoms with van der Waals surface area (Å²) in [6, 6.07) is 10.9. The van der Waals surface area contributed by atoms with Gasteiger partial charge in [-0.25, -0.2) is 0 Å². The van der Waals surface area contributed by atoms with Crippen molar-refractivity contribution in [2.45, 2.75) is 6.61 Å². The van der Waals surface area contributed by atoms with Crippen LogP contribution in [0.4, 0.5) is 0 Å². The van der Waals surface area contributed by atoms with Crippen molar-refractivity contribution in [1.82, 2.24) is 4.90 Å². The number of thioether (sulfide) groups is 1. The van der Waals surface area contributed by atoms with Gasteiger partial charge in [-0.05, 0) is 36.4 Å². The van der Waals surface area contributed by atoms with Crippen LogP contribution in [0.1, 0.15) is 11.1 Å². The van der Waals surface area contributed by atoms with E-state index in [-0.39, 0.29) is 12.5 Å². The lowest BCUT2D eigenvalue weighted by Gasteiger charge is -2.12. The maximum atomic E-state index is 12.2. The van der Waals surface area contributed by atoms with Gasteiger partial charge in [0.1, 0.15) is 16.7 Å². The molecule has 0 spiro atoms. The molecule has 2 aromatic rings. The molecule has 0 radical (unpaired) electrons. The number of hydrogen-bond acceptors (Lipinski definition) is 4. The van der Waals surface area contributed by atoms with Gasteiger partial charge in [0.05, 0.1) is 4.91 Å². The molecule has 0 atom stereocenters. The van der Waals surface area contributed by atoms with Crippen LogP contribution in [0.3, 0.4) is 0 Å². The monoisotopic (exact) mass is 487 g/mol. The fraction of sp³-hybridized carbons (Fsp3) is 0.111. The zero-order chi connectivity index (χ0) is 18.8. The molecule has 0 aromatic heterocycles. The van der Waals surface area contributed by atoms with E-state index < -0.39 is 0 Å². The van der Waals surface area contributed by atoms with E-state index >= 15 is 0 Å². The van der Waals surface area contributed by atoms with Crippen LogP contribution >= 0.6 is 63.1 Å². The number of halogens is 3. The third-order valence-electron chi connectivity index (χ3n) is 3.68. The summed E-state index contributed by atoms with van der Waals surface area (Å²) in [5.74, 6) is 0.491. The molecule has 1 saturated heterocycles. The number of amides is 1. The number of likely N-dealkylation sites (N-methyl/N-ethyl adjacent to an activating group) is 1. The second-order valence-electron chi connectivity index (χ2n) is 5.41. The predicted molar refractivity (Wildman–Crippen MR) is 116 cm³/mol. The van der Waals surface area contributed by atoms with E-state index in [0.717, 1.165) is 10.0 Å². The predicted octanol–water partition coefficient (Wildman–Crippen LogP) is 6.17. The fourth-order valence-corrected chi connectivity index (χ4v) is 4.33. The normalized spacial score (nSPS) is 15.8. The minimum absolute atomic E-state index is 0.125. The highest BCUT2D eigenvalue weighted by Crippen LogP contribution is 2.35. The summed E-state index contributed by atoms with van der Waals surface area (Å²) in [6.45, 7) is 0.218. The summed E-state index contributed by atoms with van der Waals surface area (Å²) in [5.41, 5.74) is 1.47. The van der Waals surface area contributed by atoms with Crippen molar-refractivity contribution in [1.29, 1.82) is 0 Å². The maximum absolute atomic E-state index is 12.2. The van der Waals surface area contributed by atoms with Crippen molar-refractivity contribution >= 4 is 79.4 Å². The van der Waals surface area contributed by atoms with Gasteiger partial charge in [0.15, 0.2) is 0 Å². The van der Waals surface area contributed by atoms with Crippen molar-refractivity contribution in [3.8, 4) is 5.75 Å². The lowest BCUT2D eigenvalue weighted by atomic mass is 10.1. The smallest absolute Gasteiger partial charge is 0.265 e. The summed E-state index contributed by atoms with van der Waals surface area (Å²) in [6.07, 6.45) is 1.77. The van der Waals surface area contributed by atoms with Crippen molar-refractivity contribution in [3.63, 3.8) is 0 Å². The number of nitrogens with zero attached hydrogens (tertiary/aromatic N) is 1. The van der Waals surface area contributed by atoms with Gasteiger partial charge in [-0.15, -0.1) is 0 Å². The highest BCUT2D eigenvalue weighted by Gasteiger charge is 2.29. The number of benzene rings is 2. The number of rotatable bonds is 4. The minimum Gasteiger partial charge on any atom is -0.488 e. The van der Waals surface area contributed by atoms with Crippen molar-refractivity contribution in [3.05, 3.63) is 66.9 Å². The van der Waals surface area contributed by atoms with Gasteiger partial charge < -0.3 is 4.74 Å². The van der Waals surface area contributed by atoms with Gasteiger partial charge in [-0.3, -0.25) is 9.69 Å². The third-order valence-corrected chi connectivity index (χ3v) is 6.36. The molecule has 1 aliphatic heterocycles. The van der Waals surface area contributed by atoms with Gasteiger partial charge in [0, 0.05) is 32.7 Å². The van der Waals surface area contributed by atoms with E-state index in [9.17, 15) is 4.79 Å². The molecule has 1 aliphatic rings. The number of carbonyl (C=O) groups excluding carboxylic acids is 1. The Kier molecular flexibility index (Phi) is 6.30. The molecule has 0 bridgehead atoms. The average molecular weight is 489 g/mol. The van der Waals surface area contributed by atoms with Gasteiger partial charge >= 0.3 is 0 Å². The molecular weight excluding hydrogens is 477 g/mol. The van der Waals surface area contributed by atoms with Gasteiger partial charge in [-0.1, -0.05) is 69.2 Å². The Morgan fingerprint density at radius 3 is 2.58 bits per heavy atom. The first kappa shape index (κ1) is 19.7. The van der Waals surface area contributed by atoms with Crippen LogP contribution in [0.2, 0.25) is 10.0 Å². The molecule has 0 unspecified atom stereocenters. The molecule has 0 N–H and O–H groups in total. The van der Waals surface area contributed by atoms with E-state index in [2.05, 4.69) is 15.9 Å². The first-order valence-corrected chi connectivity index (χ1v) is 10.2. The maximum Gasteiger partial charge on any atom is 0.265 e. The fourth-order valence-electron chi connectivity index (χ4n) is 2.27. The van der Waals surface area contributed by atoms with E-state index in [1.165, 1.54) is 16.7 Å². The molecule has 1 fully saturated rings. The first-order chi connectivity index (χ1) is 12.4. The number of thiocarbonyl (C=S) groups is 1. The van der Waals surface area contributed by atoms with Crippen LogP contribution < -0.4 is 4.74 Å². The second-order valence-corrected chi connectivity index (χ2v) is 8.82. The Balaban J connectivity index is 1.90. The molecule has 2 aromatic carbocycles. The molecule has 8 heteroatoms. The lowest BCUT2D eigenvalue weighted by molar-refractivity contribution is -0.121. The van der Waals surface area contributed by atoms with Crippen LogP contribution in [0.15, 0.2) is 45.8 Å². The van der Waals surface area contributed by atoms with Crippen LogP contribution in [0, 0.1) is 0 Å². The molecular formula is C18H12BrCl2NO2S2. The second kappa shape index (κ2) is 8.31. The molecule has 0 saturated carbocycles. The Bertz CT molecular complexity index is 913. The van der Waals surface area contributed by atoms with Crippen LogP contribution in [0.5, 0.6) is 5.75 Å². The van der Waals surface area contributed by atoms with Crippen LogP contribution in [-0.2, 0) is 11.4 Å². The van der Waals surface area contributed by atoms with Gasteiger partial charge in [0.25, 0.3) is 5.91 Å². The molecule has 3 rings (SSSR count). The Morgan fingerprint density at radius 1 is 1.27 bits per heavy atom. The topological polar surface area (TPSA) is 29.5 Å². The van der Waals surface area contributed by atoms with Crippen molar-refractivity contribution in [2.75, 3.05) is 7.05 Å². The highest BCUT2D eigenvalue weighted by atomic mass is 79.9. The van der Waals surface area contributed by atoms with Gasteiger partial charge in [-0.2, -0.15) is 0 Å². The summed E-state index contributed by atoms with van der Waals surface area (Å²) >= 11 is 22.3. The minimum atomic E-state index is -0.125. The lowest BCUT2D eigenvalue weighted by Crippen LogP contribution is -2.22. The summed E-state index contributed by atoms with van der Waals surface area (Å²) < 4.78 is 7.34. The summed E-state index contributed by atoms with van der Waals surface area (Å²) in [4.78, 5) is 14.3. The third kappa shape index (κ3) is 4.26. The standard InChI is InChI=1S/C18H12BrCl2NO2S2/c1-22-17(23)16(26-18(22)25)8-10-7-11(19)5-6-15(10)24-9-12-13(20)3-2-4-14(12)21/h2-8H,9H2,1H3/b16-8-. The zero-order valence-electron chi connectivity index (χ0n) is 13.5. The van der Waals surface area contributed by atoms with Crippen LogP contribution in [-0.4, -0.2) is 22.2 Å². The molecule has 3 nitrogen and oxygen atoms in total. The molecule has 0 aliphatic carbocycles. The quantitative estimate of drug-likeness (QED) is 0.380. The van der Waals surface area contributed by atoms with Crippen molar-refractivity contribution in [2.24, 2.45) is 0 Å². The number of carbonyl (C=O) groups is 1. The van der Waals surface area contributed by atoms with E-state index in [1.54, 1.807) is 31.3 Å². The van der Waals surface area contributed by atoms with E-state index in [4.69, 9.17) is 40.2 Å². The van der Waals surface area contributed by atoms with Crippen LogP contribution in [0.25, 0.3) is 6.08 Å². The molecule has 1 amide bonds. The highest BCUT2D eigenvalue weighted by molar-refractivity contribution is 9.10. The van der Waals surface area contributed by atoms with E-state index in [1.807, 2.05) is 18.2 Å². The first-order valence-electron chi connectivity index (χ1n) is 7.43. The Morgan fingerprint density at radius 2 is 1.96 bits per heavy atom. The SMILES string of the molecule is CN1C(=O)/C(=C/c2cc(Br)ccc2OCc2c(Cl)cccc2Cl)SC1=S. The Labute approximate surface area is 179 Å². The summed E-state index contributed by atoms with van der Waals surface area (Å²) in [5, 5.41) is 1.09. The summed E-state index contributed by atoms with van der Waals surface area (Å²) in [7, 11) is 1.66. The van der Waals surface area contributed by atoms with E-state index in [0.29, 0.717) is 30.6 Å².